The number of carbonyl (C=O) groups is 2. The van der Waals surface area contributed by atoms with Gasteiger partial charge in [-0.05, 0) is 38.5 Å². The third-order valence-electron chi connectivity index (χ3n) is 4.35. The smallest absolute Gasteiger partial charge is 0.250 e. The van der Waals surface area contributed by atoms with Gasteiger partial charge in [-0.3, -0.25) is 14.6 Å². The first kappa shape index (κ1) is 19.2. The van der Waals surface area contributed by atoms with E-state index in [1.165, 1.54) is 0 Å². The second-order valence-corrected chi connectivity index (χ2v) is 6.53. The number of nitrogens with two attached hydrogens (primary N) is 1. The maximum atomic E-state index is 12.1. The molecular formula is C20H22N6O2. The van der Waals surface area contributed by atoms with Crippen LogP contribution in [0.2, 0.25) is 0 Å². The van der Waals surface area contributed by atoms with Crippen molar-refractivity contribution in [3.8, 4) is 11.3 Å². The Morgan fingerprint density at radius 3 is 2.32 bits per heavy atom. The molecule has 0 spiro atoms. The predicted molar refractivity (Wildman–Crippen MR) is 104 cm³/mol. The standard InChI is InChI=1S/C20H22N6O2/c1-12-17(20(21)28)8-9-18(23-12)16-6-4-15(5-7-16)10-22-19(27)11-26-14(3)24-13(2)25-26/h4-9H,10-11H2,1-3H3,(H2,21,28)(H,22,27). The number of carbonyl (C=O) groups excluding carboxylic acids is 2. The van der Waals surface area contributed by atoms with Crippen LogP contribution in [-0.2, 0) is 17.9 Å². The average molecular weight is 378 g/mol. The second-order valence-electron chi connectivity index (χ2n) is 6.53. The van der Waals surface area contributed by atoms with Gasteiger partial charge in [0, 0.05) is 12.1 Å². The number of hydrogen-bond donors (Lipinski definition) is 2. The van der Waals surface area contributed by atoms with Crippen molar-refractivity contribution >= 4 is 11.8 Å². The van der Waals surface area contributed by atoms with Crippen LogP contribution in [0.3, 0.4) is 0 Å². The van der Waals surface area contributed by atoms with E-state index >= 15 is 0 Å². The van der Waals surface area contributed by atoms with Gasteiger partial charge in [-0.15, -0.1) is 0 Å². The van der Waals surface area contributed by atoms with E-state index in [1.807, 2.05) is 31.2 Å². The molecule has 3 N–H and O–H groups in total. The number of rotatable bonds is 6. The quantitative estimate of drug-likeness (QED) is 0.677. The highest BCUT2D eigenvalue weighted by Crippen LogP contribution is 2.19. The Morgan fingerprint density at radius 1 is 1.04 bits per heavy atom. The van der Waals surface area contributed by atoms with Crippen molar-refractivity contribution in [3.63, 3.8) is 0 Å². The molecule has 0 aliphatic heterocycles. The van der Waals surface area contributed by atoms with Crippen molar-refractivity contribution in [2.75, 3.05) is 0 Å². The van der Waals surface area contributed by atoms with Crippen LogP contribution in [0.4, 0.5) is 0 Å². The number of aromatic nitrogens is 4. The maximum Gasteiger partial charge on any atom is 0.250 e. The molecule has 0 fully saturated rings. The Kier molecular flexibility index (Phi) is 5.49. The molecule has 3 aromatic rings. The lowest BCUT2D eigenvalue weighted by Gasteiger charge is -2.08. The first-order valence-corrected chi connectivity index (χ1v) is 8.85. The van der Waals surface area contributed by atoms with Crippen molar-refractivity contribution in [3.05, 3.63) is 64.9 Å². The molecule has 2 amide bonds. The Labute approximate surface area is 162 Å². The van der Waals surface area contributed by atoms with Crippen molar-refractivity contribution in [2.24, 2.45) is 5.73 Å². The third-order valence-corrected chi connectivity index (χ3v) is 4.35. The number of nitrogens with one attached hydrogen (secondary N) is 1. The van der Waals surface area contributed by atoms with E-state index in [9.17, 15) is 9.59 Å². The molecule has 0 saturated carbocycles. The van der Waals surface area contributed by atoms with Crippen LogP contribution in [0.5, 0.6) is 0 Å². The maximum absolute atomic E-state index is 12.1. The highest BCUT2D eigenvalue weighted by atomic mass is 16.2. The Morgan fingerprint density at radius 2 is 1.75 bits per heavy atom. The second kappa shape index (κ2) is 7.99. The van der Waals surface area contributed by atoms with Gasteiger partial charge in [0.2, 0.25) is 5.91 Å². The van der Waals surface area contributed by atoms with Gasteiger partial charge in [-0.25, -0.2) is 9.67 Å². The summed E-state index contributed by atoms with van der Waals surface area (Å²) in [6.07, 6.45) is 0. The molecule has 144 valence electrons. The molecule has 8 nitrogen and oxygen atoms in total. The lowest BCUT2D eigenvalue weighted by molar-refractivity contribution is -0.122. The van der Waals surface area contributed by atoms with Crippen LogP contribution in [0.15, 0.2) is 36.4 Å². The number of benzene rings is 1. The molecular weight excluding hydrogens is 356 g/mol. The number of amides is 2. The van der Waals surface area contributed by atoms with Crippen LogP contribution in [0, 0.1) is 20.8 Å². The molecule has 3 rings (SSSR count). The van der Waals surface area contributed by atoms with Crippen molar-refractivity contribution in [1.82, 2.24) is 25.1 Å². The first-order valence-electron chi connectivity index (χ1n) is 8.85. The van der Waals surface area contributed by atoms with Crippen LogP contribution < -0.4 is 11.1 Å². The van der Waals surface area contributed by atoms with E-state index in [4.69, 9.17) is 5.73 Å². The average Bonchev–Trinajstić information content (AvgIpc) is 2.97. The summed E-state index contributed by atoms with van der Waals surface area (Å²) in [6.45, 7) is 5.92. The molecule has 8 heteroatoms. The SMILES string of the molecule is Cc1nc(C)n(CC(=O)NCc2ccc(-c3ccc(C(N)=O)c(C)n3)cc2)n1. The molecule has 0 atom stereocenters. The summed E-state index contributed by atoms with van der Waals surface area (Å²) < 4.78 is 1.58. The summed E-state index contributed by atoms with van der Waals surface area (Å²) >= 11 is 0. The highest BCUT2D eigenvalue weighted by Gasteiger charge is 2.10. The minimum atomic E-state index is -0.487. The van der Waals surface area contributed by atoms with E-state index in [0.717, 1.165) is 16.8 Å². The molecule has 0 bridgehead atoms. The summed E-state index contributed by atoms with van der Waals surface area (Å²) in [4.78, 5) is 32.0. The van der Waals surface area contributed by atoms with Crippen molar-refractivity contribution in [1.29, 1.82) is 0 Å². The first-order chi connectivity index (χ1) is 13.3. The fourth-order valence-corrected chi connectivity index (χ4v) is 2.88. The van der Waals surface area contributed by atoms with Gasteiger partial charge < -0.3 is 11.1 Å². The fraction of sp³-hybridized carbons (Fsp3) is 0.250. The summed E-state index contributed by atoms with van der Waals surface area (Å²) in [5.74, 6) is 0.742. The van der Waals surface area contributed by atoms with E-state index < -0.39 is 5.91 Å². The van der Waals surface area contributed by atoms with Gasteiger partial charge in [-0.2, -0.15) is 5.10 Å². The van der Waals surface area contributed by atoms with Gasteiger partial charge in [-0.1, -0.05) is 24.3 Å². The van der Waals surface area contributed by atoms with E-state index in [0.29, 0.717) is 29.5 Å². The number of nitrogens with zero attached hydrogens (tertiary/aromatic N) is 4. The number of pyridine rings is 1. The topological polar surface area (TPSA) is 116 Å². The molecule has 1 aromatic carbocycles. The monoisotopic (exact) mass is 378 g/mol. The zero-order chi connectivity index (χ0) is 20.3. The van der Waals surface area contributed by atoms with Gasteiger partial charge in [0.1, 0.15) is 18.2 Å². The fourth-order valence-electron chi connectivity index (χ4n) is 2.88. The van der Waals surface area contributed by atoms with Crippen molar-refractivity contribution < 1.29 is 9.59 Å². The molecule has 0 radical (unpaired) electrons. The molecule has 0 aliphatic carbocycles. The van der Waals surface area contributed by atoms with E-state index in [1.54, 1.807) is 30.7 Å². The van der Waals surface area contributed by atoms with Crippen molar-refractivity contribution in [2.45, 2.75) is 33.9 Å². The molecule has 0 unspecified atom stereocenters. The molecule has 28 heavy (non-hydrogen) atoms. The molecule has 0 aliphatic rings. The van der Waals surface area contributed by atoms with Gasteiger partial charge in [0.25, 0.3) is 5.91 Å². The van der Waals surface area contributed by atoms with Gasteiger partial charge in [0.05, 0.1) is 17.0 Å². The number of primary amides is 1. The number of aryl methyl sites for hydroxylation is 3. The normalized spacial score (nSPS) is 10.7. The van der Waals surface area contributed by atoms with E-state index in [2.05, 4.69) is 20.4 Å². The largest absolute Gasteiger partial charge is 0.366 e. The lowest BCUT2D eigenvalue weighted by atomic mass is 10.1. The molecule has 2 heterocycles. The summed E-state index contributed by atoms with van der Waals surface area (Å²) in [5, 5.41) is 7.06. The van der Waals surface area contributed by atoms with Crippen LogP contribution in [0.1, 0.15) is 33.3 Å². The molecule has 2 aromatic heterocycles. The number of hydrogen-bond acceptors (Lipinski definition) is 5. The van der Waals surface area contributed by atoms with Crippen LogP contribution in [-0.4, -0.2) is 31.6 Å². The van der Waals surface area contributed by atoms with Crippen LogP contribution in [0.25, 0.3) is 11.3 Å². The van der Waals surface area contributed by atoms with E-state index in [-0.39, 0.29) is 12.5 Å². The Balaban J connectivity index is 1.61. The summed E-state index contributed by atoms with van der Waals surface area (Å²) in [5.41, 5.74) is 8.98. The highest BCUT2D eigenvalue weighted by molar-refractivity contribution is 5.94. The third kappa shape index (κ3) is 4.40. The van der Waals surface area contributed by atoms with Crippen LogP contribution >= 0.6 is 0 Å². The Bertz CT molecular complexity index is 1020. The minimum Gasteiger partial charge on any atom is -0.366 e. The summed E-state index contributed by atoms with van der Waals surface area (Å²) in [6, 6.07) is 11.2. The zero-order valence-electron chi connectivity index (χ0n) is 16.1. The van der Waals surface area contributed by atoms with Gasteiger partial charge in [0.15, 0.2) is 0 Å². The summed E-state index contributed by atoms with van der Waals surface area (Å²) in [7, 11) is 0. The lowest BCUT2D eigenvalue weighted by Crippen LogP contribution is -2.28. The van der Waals surface area contributed by atoms with Gasteiger partial charge >= 0.3 is 0 Å². The molecule has 0 saturated heterocycles. The Hall–Kier alpha value is -3.55. The zero-order valence-corrected chi connectivity index (χ0v) is 16.1. The minimum absolute atomic E-state index is 0.128. The predicted octanol–water partition coefficient (Wildman–Crippen LogP) is 1.68.